The van der Waals surface area contributed by atoms with Gasteiger partial charge in [-0.3, -0.25) is 4.79 Å². The van der Waals surface area contributed by atoms with Crippen molar-refractivity contribution in [3.05, 3.63) is 71.4 Å². The fourth-order valence-corrected chi connectivity index (χ4v) is 4.19. The van der Waals surface area contributed by atoms with Crippen molar-refractivity contribution < 1.29 is 9.18 Å². The number of thioether (sulfide) groups is 1. The van der Waals surface area contributed by atoms with E-state index in [1.54, 1.807) is 12.1 Å². The average molecular weight is 372 g/mol. The van der Waals surface area contributed by atoms with Crippen LogP contribution in [0.25, 0.3) is 11.3 Å². The summed E-state index contributed by atoms with van der Waals surface area (Å²) in [5.41, 5.74) is 2.86. The molecule has 0 aliphatic heterocycles. The highest BCUT2D eigenvalue weighted by Crippen LogP contribution is 2.30. The molecule has 0 fully saturated rings. The van der Waals surface area contributed by atoms with Crippen molar-refractivity contribution in [2.45, 2.75) is 23.1 Å². The minimum Gasteiger partial charge on any atom is -0.351 e. The molecule has 1 amide bonds. The monoisotopic (exact) mass is 372 g/mol. The normalized spacial score (nSPS) is 11.9. The van der Waals surface area contributed by atoms with Gasteiger partial charge in [0.1, 0.15) is 5.82 Å². The van der Waals surface area contributed by atoms with Crippen LogP contribution in [-0.2, 0) is 11.3 Å². The molecule has 2 aromatic carbocycles. The SMILES string of the molecule is C[C@H](Sc1nc(-c2ccccc2)cs1)C(=O)NCc1ccc(F)cc1. The molecule has 3 aromatic rings. The molecule has 3 rings (SSSR count). The van der Waals surface area contributed by atoms with Gasteiger partial charge in [0.25, 0.3) is 0 Å². The Labute approximate surface area is 154 Å². The molecule has 1 aromatic heterocycles. The maximum Gasteiger partial charge on any atom is 0.233 e. The first-order valence-electron chi connectivity index (χ1n) is 7.81. The van der Waals surface area contributed by atoms with Crippen molar-refractivity contribution in [1.82, 2.24) is 10.3 Å². The van der Waals surface area contributed by atoms with E-state index in [2.05, 4.69) is 10.3 Å². The Kier molecular flexibility index (Phi) is 5.83. The summed E-state index contributed by atoms with van der Waals surface area (Å²) >= 11 is 2.98. The molecule has 1 atom stereocenters. The van der Waals surface area contributed by atoms with E-state index in [4.69, 9.17) is 0 Å². The number of carbonyl (C=O) groups excluding carboxylic acids is 1. The second-order valence-electron chi connectivity index (χ2n) is 5.47. The van der Waals surface area contributed by atoms with Gasteiger partial charge in [-0.1, -0.05) is 54.2 Å². The van der Waals surface area contributed by atoms with Gasteiger partial charge in [-0.2, -0.15) is 0 Å². The summed E-state index contributed by atoms with van der Waals surface area (Å²) in [6, 6.07) is 16.1. The van der Waals surface area contributed by atoms with E-state index in [0.29, 0.717) is 6.54 Å². The molecule has 0 saturated carbocycles. The van der Waals surface area contributed by atoms with Gasteiger partial charge in [0.15, 0.2) is 4.34 Å². The number of nitrogens with zero attached hydrogens (tertiary/aromatic N) is 1. The Hall–Kier alpha value is -2.18. The van der Waals surface area contributed by atoms with E-state index in [0.717, 1.165) is 21.2 Å². The molecule has 0 saturated heterocycles. The summed E-state index contributed by atoms with van der Waals surface area (Å²) in [6.45, 7) is 2.24. The third-order valence-electron chi connectivity index (χ3n) is 3.58. The molecular weight excluding hydrogens is 355 g/mol. The number of benzene rings is 2. The quantitative estimate of drug-likeness (QED) is 0.635. The number of amides is 1. The molecule has 1 N–H and O–H groups in total. The number of nitrogens with one attached hydrogen (secondary N) is 1. The first-order chi connectivity index (χ1) is 12.1. The Morgan fingerprint density at radius 2 is 1.92 bits per heavy atom. The van der Waals surface area contributed by atoms with Crippen LogP contribution in [0, 0.1) is 5.82 Å². The van der Waals surface area contributed by atoms with Crippen LogP contribution in [0.4, 0.5) is 4.39 Å². The summed E-state index contributed by atoms with van der Waals surface area (Å²) in [5.74, 6) is -0.345. The van der Waals surface area contributed by atoms with Gasteiger partial charge in [-0.15, -0.1) is 11.3 Å². The number of hydrogen-bond donors (Lipinski definition) is 1. The smallest absolute Gasteiger partial charge is 0.233 e. The average Bonchev–Trinajstić information content (AvgIpc) is 3.10. The lowest BCUT2D eigenvalue weighted by atomic mass is 10.2. The fourth-order valence-electron chi connectivity index (χ4n) is 2.19. The van der Waals surface area contributed by atoms with Gasteiger partial charge >= 0.3 is 0 Å². The first kappa shape index (κ1) is 17.6. The van der Waals surface area contributed by atoms with Crippen LogP contribution < -0.4 is 5.32 Å². The largest absolute Gasteiger partial charge is 0.351 e. The van der Waals surface area contributed by atoms with Crippen molar-refractivity contribution in [1.29, 1.82) is 0 Å². The minimum atomic E-state index is -0.281. The molecule has 3 nitrogen and oxygen atoms in total. The molecular formula is C19H17FN2OS2. The van der Waals surface area contributed by atoms with E-state index >= 15 is 0 Å². The highest BCUT2D eigenvalue weighted by atomic mass is 32.2. The van der Waals surface area contributed by atoms with E-state index in [-0.39, 0.29) is 17.0 Å². The van der Waals surface area contributed by atoms with Gasteiger partial charge in [0, 0.05) is 17.5 Å². The lowest BCUT2D eigenvalue weighted by Gasteiger charge is -2.10. The van der Waals surface area contributed by atoms with Crippen LogP contribution in [0.1, 0.15) is 12.5 Å². The summed E-state index contributed by atoms with van der Waals surface area (Å²) in [7, 11) is 0. The molecule has 25 heavy (non-hydrogen) atoms. The number of thiazole rings is 1. The summed E-state index contributed by atoms with van der Waals surface area (Å²) in [6.07, 6.45) is 0. The maximum atomic E-state index is 12.9. The number of hydrogen-bond acceptors (Lipinski definition) is 4. The number of rotatable bonds is 6. The molecule has 0 aliphatic rings. The maximum absolute atomic E-state index is 12.9. The fraction of sp³-hybridized carbons (Fsp3) is 0.158. The summed E-state index contributed by atoms with van der Waals surface area (Å²) in [4.78, 5) is 16.8. The number of halogens is 1. The predicted molar refractivity (Wildman–Crippen MR) is 101 cm³/mol. The van der Waals surface area contributed by atoms with Crippen LogP contribution in [-0.4, -0.2) is 16.1 Å². The third kappa shape index (κ3) is 4.90. The Balaban J connectivity index is 1.54. The molecule has 0 bridgehead atoms. The van der Waals surface area contributed by atoms with Crippen molar-refractivity contribution in [3.63, 3.8) is 0 Å². The molecule has 0 unspecified atom stereocenters. The van der Waals surface area contributed by atoms with Crippen molar-refractivity contribution in [3.8, 4) is 11.3 Å². The number of aromatic nitrogens is 1. The molecule has 0 radical (unpaired) electrons. The van der Waals surface area contributed by atoms with E-state index < -0.39 is 0 Å². The van der Waals surface area contributed by atoms with Crippen molar-refractivity contribution >= 4 is 29.0 Å². The zero-order chi connectivity index (χ0) is 17.6. The van der Waals surface area contributed by atoms with E-state index in [1.807, 2.05) is 42.6 Å². The second kappa shape index (κ2) is 8.27. The Morgan fingerprint density at radius 3 is 2.64 bits per heavy atom. The van der Waals surface area contributed by atoms with Gasteiger partial charge in [-0.25, -0.2) is 9.37 Å². The van der Waals surface area contributed by atoms with Crippen LogP contribution in [0.15, 0.2) is 64.3 Å². The second-order valence-corrected chi connectivity index (χ2v) is 7.92. The van der Waals surface area contributed by atoms with E-state index in [9.17, 15) is 9.18 Å². The Bertz CT molecular complexity index is 834. The van der Waals surface area contributed by atoms with Crippen LogP contribution in [0.3, 0.4) is 0 Å². The Morgan fingerprint density at radius 1 is 1.20 bits per heavy atom. The highest BCUT2D eigenvalue weighted by molar-refractivity contribution is 8.02. The van der Waals surface area contributed by atoms with E-state index in [1.165, 1.54) is 35.2 Å². The zero-order valence-electron chi connectivity index (χ0n) is 13.6. The topological polar surface area (TPSA) is 42.0 Å². The van der Waals surface area contributed by atoms with Gasteiger partial charge in [0.2, 0.25) is 5.91 Å². The van der Waals surface area contributed by atoms with Crippen LogP contribution in [0.2, 0.25) is 0 Å². The van der Waals surface area contributed by atoms with Gasteiger partial charge in [-0.05, 0) is 24.6 Å². The predicted octanol–water partition coefficient (Wildman–Crippen LogP) is 4.75. The molecule has 0 spiro atoms. The number of carbonyl (C=O) groups is 1. The van der Waals surface area contributed by atoms with Crippen LogP contribution in [0.5, 0.6) is 0 Å². The third-order valence-corrected chi connectivity index (χ3v) is 5.65. The van der Waals surface area contributed by atoms with Gasteiger partial charge in [0.05, 0.1) is 10.9 Å². The summed E-state index contributed by atoms with van der Waals surface area (Å²) < 4.78 is 13.7. The lowest BCUT2D eigenvalue weighted by Crippen LogP contribution is -2.30. The summed E-state index contributed by atoms with van der Waals surface area (Å²) in [5, 5.41) is 4.62. The minimum absolute atomic E-state index is 0.0641. The van der Waals surface area contributed by atoms with Crippen molar-refractivity contribution in [2.75, 3.05) is 0 Å². The molecule has 128 valence electrons. The van der Waals surface area contributed by atoms with Crippen molar-refractivity contribution in [2.24, 2.45) is 0 Å². The molecule has 0 aliphatic carbocycles. The first-order valence-corrected chi connectivity index (χ1v) is 9.57. The van der Waals surface area contributed by atoms with Gasteiger partial charge < -0.3 is 5.32 Å². The van der Waals surface area contributed by atoms with Crippen LogP contribution >= 0.6 is 23.1 Å². The zero-order valence-corrected chi connectivity index (χ0v) is 15.2. The molecule has 6 heteroatoms. The molecule has 1 heterocycles. The highest BCUT2D eigenvalue weighted by Gasteiger charge is 2.16. The lowest BCUT2D eigenvalue weighted by molar-refractivity contribution is -0.120. The standard InChI is InChI=1S/C19H17FN2OS2/c1-13(18(23)21-11-14-7-9-16(20)10-8-14)25-19-22-17(12-24-19)15-5-3-2-4-6-15/h2-10,12-13H,11H2,1H3,(H,21,23)/t13-/m0/s1.